The standard InChI is InChI=1S/C13H21N3O2/c17-12(16-3-1-14-2-4-16)8-15-13(18)11-6-9-5-10(9)7-11/h9-11,14H,1-8H2,(H,15,18). The lowest BCUT2D eigenvalue weighted by Crippen LogP contribution is -2.50. The predicted octanol–water partition coefficient (Wildman–Crippen LogP) is -0.419. The quantitative estimate of drug-likeness (QED) is 0.716. The van der Waals surface area contributed by atoms with Gasteiger partial charge in [0.1, 0.15) is 0 Å². The van der Waals surface area contributed by atoms with Crippen molar-refractivity contribution in [3.63, 3.8) is 0 Å². The van der Waals surface area contributed by atoms with Gasteiger partial charge >= 0.3 is 0 Å². The molecule has 1 heterocycles. The van der Waals surface area contributed by atoms with Crippen molar-refractivity contribution in [2.24, 2.45) is 17.8 Å². The van der Waals surface area contributed by atoms with E-state index in [4.69, 9.17) is 0 Å². The number of rotatable bonds is 3. The predicted molar refractivity (Wildman–Crippen MR) is 66.8 cm³/mol. The summed E-state index contributed by atoms with van der Waals surface area (Å²) in [5.41, 5.74) is 0. The Balaban J connectivity index is 1.40. The monoisotopic (exact) mass is 251 g/mol. The highest BCUT2D eigenvalue weighted by Crippen LogP contribution is 2.54. The Morgan fingerprint density at radius 2 is 1.78 bits per heavy atom. The molecule has 1 aliphatic heterocycles. The molecule has 2 atom stereocenters. The summed E-state index contributed by atoms with van der Waals surface area (Å²) in [4.78, 5) is 25.6. The van der Waals surface area contributed by atoms with E-state index >= 15 is 0 Å². The second-order valence-corrected chi connectivity index (χ2v) is 5.77. The molecular weight excluding hydrogens is 230 g/mol. The maximum absolute atomic E-state index is 11.9. The third-order valence-corrected chi connectivity index (χ3v) is 4.50. The van der Waals surface area contributed by atoms with Crippen molar-refractivity contribution in [1.29, 1.82) is 0 Å². The number of carbonyl (C=O) groups is 2. The van der Waals surface area contributed by atoms with Crippen LogP contribution in [0.15, 0.2) is 0 Å². The van der Waals surface area contributed by atoms with Crippen molar-refractivity contribution in [3.05, 3.63) is 0 Å². The third-order valence-electron chi connectivity index (χ3n) is 4.50. The minimum atomic E-state index is 0.0491. The van der Waals surface area contributed by atoms with Crippen LogP contribution in [-0.4, -0.2) is 49.4 Å². The lowest BCUT2D eigenvalue weighted by Gasteiger charge is -2.27. The number of hydrogen-bond acceptors (Lipinski definition) is 3. The highest BCUT2D eigenvalue weighted by molar-refractivity contribution is 5.86. The van der Waals surface area contributed by atoms with Gasteiger partial charge in [-0.25, -0.2) is 0 Å². The largest absolute Gasteiger partial charge is 0.347 e. The fourth-order valence-corrected chi connectivity index (χ4v) is 3.26. The minimum absolute atomic E-state index is 0.0491. The Morgan fingerprint density at radius 3 is 2.44 bits per heavy atom. The van der Waals surface area contributed by atoms with Crippen LogP contribution in [0.5, 0.6) is 0 Å². The molecule has 3 aliphatic rings. The summed E-state index contributed by atoms with van der Waals surface area (Å²) in [7, 11) is 0. The van der Waals surface area contributed by atoms with Crippen LogP contribution >= 0.6 is 0 Å². The van der Waals surface area contributed by atoms with Crippen molar-refractivity contribution in [2.75, 3.05) is 32.7 Å². The van der Waals surface area contributed by atoms with E-state index in [1.54, 1.807) is 0 Å². The maximum Gasteiger partial charge on any atom is 0.242 e. The molecule has 0 bridgehead atoms. The highest BCUT2D eigenvalue weighted by Gasteiger charge is 2.47. The molecule has 2 amide bonds. The number of piperazine rings is 1. The van der Waals surface area contributed by atoms with Crippen LogP contribution in [0.3, 0.4) is 0 Å². The molecule has 2 N–H and O–H groups in total. The van der Waals surface area contributed by atoms with Gasteiger partial charge in [-0.15, -0.1) is 0 Å². The molecule has 5 nitrogen and oxygen atoms in total. The van der Waals surface area contributed by atoms with E-state index in [2.05, 4.69) is 10.6 Å². The number of amides is 2. The van der Waals surface area contributed by atoms with Gasteiger partial charge in [0.15, 0.2) is 0 Å². The average Bonchev–Trinajstić information content (AvgIpc) is 3.03. The lowest BCUT2D eigenvalue weighted by atomic mass is 10.0. The van der Waals surface area contributed by atoms with Gasteiger partial charge in [-0.3, -0.25) is 9.59 Å². The van der Waals surface area contributed by atoms with Crippen LogP contribution < -0.4 is 10.6 Å². The molecule has 2 aliphatic carbocycles. The Labute approximate surface area is 107 Å². The minimum Gasteiger partial charge on any atom is -0.347 e. The zero-order valence-corrected chi connectivity index (χ0v) is 10.7. The van der Waals surface area contributed by atoms with Crippen LogP contribution in [0, 0.1) is 17.8 Å². The molecule has 0 aromatic carbocycles. The first-order chi connectivity index (χ1) is 8.74. The maximum atomic E-state index is 11.9. The Morgan fingerprint density at radius 1 is 1.11 bits per heavy atom. The fraction of sp³-hybridized carbons (Fsp3) is 0.846. The SMILES string of the molecule is O=C(NCC(=O)N1CCNCC1)C1CC2CC2C1. The summed E-state index contributed by atoms with van der Waals surface area (Å²) >= 11 is 0. The number of carbonyl (C=O) groups excluding carboxylic acids is 2. The summed E-state index contributed by atoms with van der Waals surface area (Å²) < 4.78 is 0. The molecule has 0 spiro atoms. The van der Waals surface area contributed by atoms with E-state index in [0.717, 1.165) is 50.9 Å². The molecule has 0 aromatic heterocycles. The van der Waals surface area contributed by atoms with Crippen LogP contribution in [0.25, 0.3) is 0 Å². The molecule has 2 unspecified atom stereocenters. The number of nitrogens with one attached hydrogen (secondary N) is 2. The van der Waals surface area contributed by atoms with Crippen LogP contribution in [0.1, 0.15) is 19.3 Å². The Hall–Kier alpha value is -1.10. The normalized spacial score (nSPS) is 34.0. The van der Waals surface area contributed by atoms with Gasteiger partial charge in [-0.1, -0.05) is 0 Å². The van der Waals surface area contributed by atoms with Crippen molar-refractivity contribution in [1.82, 2.24) is 15.5 Å². The molecule has 0 radical (unpaired) electrons. The summed E-state index contributed by atoms with van der Waals surface area (Å²) in [6.07, 6.45) is 3.40. The van der Waals surface area contributed by atoms with E-state index in [1.165, 1.54) is 6.42 Å². The molecule has 3 rings (SSSR count). The fourth-order valence-electron chi connectivity index (χ4n) is 3.26. The number of fused-ring (bicyclic) bond motifs is 1. The molecule has 5 heteroatoms. The number of hydrogen-bond donors (Lipinski definition) is 2. The van der Waals surface area contributed by atoms with Gasteiger partial charge in [0.05, 0.1) is 6.54 Å². The summed E-state index contributed by atoms with van der Waals surface area (Å²) in [5, 5.41) is 6.02. The topological polar surface area (TPSA) is 61.4 Å². The summed E-state index contributed by atoms with van der Waals surface area (Å²) in [6, 6.07) is 0. The van der Waals surface area contributed by atoms with Crippen LogP contribution in [0.2, 0.25) is 0 Å². The van der Waals surface area contributed by atoms with Gasteiger partial charge in [0.25, 0.3) is 0 Å². The van der Waals surface area contributed by atoms with Crippen molar-refractivity contribution in [2.45, 2.75) is 19.3 Å². The average molecular weight is 251 g/mol. The van der Waals surface area contributed by atoms with Crippen molar-refractivity contribution in [3.8, 4) is 0 Å². The molecule has 1 saturated heterocycles. The molecule has 0 aromatic rings. The first kappa shape index (κ1) is 12.0. The van der Waals surface area contributed by atoms with E-state index in [0.29, 0.717) is 0 Å². The lowest BCUT2D eigenvalue weighted by molar-refractivity contribution is -0.134. The molecule has 2 saturated carbocycles. The van der Waals surface area contributed by atoms with Crippen molar-refractivity contribution >= 4 is 11.8 Å². The Kier molecular flexibility index (Phi) is 3.24. The molecular formula is C13H21N3O2. The van der Waals surface area contributed by atoms with Gasteiger partial charge in [0.2, 0.25) is 11.8 Å². The van der Waals surface area contributed by atoms with Gasteiger partial charge in [0, 0.05) is 32.1 Å². The second-order valence-electron chi connectivity index (χ2n) is 5.77. The van der Waals surface area contributed by atoms with E-state index in [-0.39, 0.29) is 24.3 Å². The number of nitrogens with zero attached hydrogens (tertiary/aromatic N) is 1. The van der Waals surface area contributed by atoms with Crippen LogP contribution in [0.4, 0.5) is 0 Å². The summed E-state index contributed by atoms with van der Waals surface area (Å²) in [5.74, 6) is 1.93. The first-order valence-corrected chi connectivity index (χ1v) is 7.00. The molecule has 3 fully saturated rings. The molecule has 100 valence electrons. The van der Waals surface area contributed by atoms with Gasteiger partial charge in [-0.2, -0.15) is 0 Å². The van der Waals surface area contributed by atoms with E-state index in [9.17, 15) is 9.59 Å². The van der Waals surface area contributed by atoms with Gasteiger partial charge in [-0.05, 0) is 31.1 Å². The highest BCUT2D eigenvalue weighted by atomic mass is 16.2. The van der Waals surface area contributed by atoms with Gasteiger partial charge < -0.3 is 15.5 Å². The second kappa shape index (κ2) is 4.88. The molecule has 18 heavy (non-hydrogen) atoms. The van der Waals surface area contributed by atoms with E-state index < -0.39 is 0 Å². The van der Waals surface area contributed by atoms with Crippen molar-refractivity contribution < 1.29 is 9.59 Å². The third kappa shape index (κ3) is 2.51. The zero-order valence-electron chi connectivity index (χ0n) is 10.7. The summed E-state index contributed by atoms with van der Waals surface area (Å²) in [6.45, 7) is 3.38. The first-order valence-electron chi connectivity index (χ1n) is 7.00. The van der Waals surface area contributed by atoms with E-state index in [1.807, 2.05) is 4.90 Å². The Bertz CT molecular complexity index is 328. The zero-order chi connectivity index (χ0) is 12.5. The smallest absolute Gasteiger partial charge is 0.242 e. The van der Waals surface area contributed by atoms with Crippen LogP contribution in [-0.2, 0) is 9.59 Å².